The zero-order valence-electron chi connectivity index (χ0n) is 14.2. The van der Waals surface area contributed by atoms with Crippen LogP contribution in [0, 0.1) is 5.92 Å². The predicted octanol–water partition coefficient (Wildman–Crippen LogP) is 2.89. The standard InChI is InChI=1S/C18H22FN5O/c1-2-11-4-3-5-24(11)16-7-10-6-15(21-9-13(10)17(20)23-16)22-18(25)12-8-14(12)19/h6-7,9,11-12,14H,2-5,8H2,1H3,(H2,20,23)(H,21,22,25)/t11?,12-,14+/m1/s1. The second-order valence-electron chi connectivity index (χ2n) is 6.90. The van der Waals surface area contributed by atoms with E-state index in [2.05, 4.69) is 27.1 Å². The number of hydrogen-bond donors (Lipinski definition) is 2. The number of nitrogens with one attached hydrogen (secondary N) is 1. The van der Waals surface area contributed by atoms with Gasteiger partial charge in [-0.2, -0.15) is 0 Å². The van der Waals surface area contributed by atoms with Gasteiger partial charge in [0.15, 0.2) is 0 Å². The molecule has 1 aliphatic carbocycles. The van der Waals surface area contributed by atoms with Gasteiger partial charge in [-0.25, -0.2) is 14.4 Å². The summed E-state index contributed by atoms with van der Waals surface area (Å²) in [7, 11) is 0. The number of halogens is 1. The van der Waals surface area contributed by atoms with Gasteiger partial charge in [0, 0.05) is 24.2 Å². The third-order valence-electron chi connectivity index (χ3n) is 5.17. The molecule has 6 nitrogen and oxygen atoms in total. The van der Waals surface area contributed by atoms with E-state index in [9.17, 15) is 9.18 Å². The third kappa shape index (κ3) is 2.99. The van der Waals surface area contributed by atoms with E-state index in [4.69, 9.17) is 5.73 Å². The fraction of sp³-hybridized carbons (Fsp3) is 0.500. The summed E-state index contributed by atoms with van der Waals surface area (Å²) in [6.07, 6.45) is 4.28. The minimum atomic E-state index is -1.02. The first-order chi connectivity index (χ1) is 12.1. The van der Waals surface area contributed by atoms with E-state index in [-0.39, 0.29) is 5.91 Å². The van der Waals surface area contributed by atoms with E-state index in [1.165, 1.54) is 6.42 Å². The van der Waals surface area contributed by atoms with Crippen LogP contribution in [0.5, 0.6) is 0 Å². The van der Waals surface area contributed by atoms with Gasteiger partial charge in [0.05, 0.1) is 5.92 Å². The summed E-state index contributed by atoms with van der Waals surface area (Å²) >= 11 is 0. The lowest BCUT2D eigenvalue weighted by Crippen LogP contribution is -2.29. The number of nitrogen functional groups attached to an aromatic ring is 1. The highest BCUT2D eigenvalue weighted by atomic mass is 19.1. The highest BCUT2D eigenvalue weighted by Gasteiger charge is 2.43. The molecule has 1 saturated heterocycles. The Morgan fingerprint density at radius 1 is 1.48 bits per heavy atom. The van der Waals surface area contributed by atoms with Crippen molar-refractivity contribution in [2.45, 2.75) is 44.8 Å². The highest BCUT2D eigenvalue weighted by Crippen LogP contribution is 2.35. The Labute approximate surface area is 145 Å². The van der Waals surface area contributed by atoms with Crippen LogP contribution in [0.1, 0.15) is 32.6 Å². The lowest BCUT2D eigenvalue weighted by Gasteiger charge is -2.25. The van der Waals surface area contributed by atoms with Crippen molar-refractivity contribution in [2.24, 2.45) is 5.92 Å². The van der Waals surface area contributed by atoms with Crippen molar-refractivity contribution in [2.75, 3.05) is 22.5 Å². The predicted molar refractivity (Wildman–Crippen MR) is 96.2 cm³/mol. The average Bonchev–Trinajstić information content (AvgIpc) is 3.14. The molecule has 2 aromatic rings. The monoisotopic (exact) mass is 343 g/mol. The van der Waals surface area contributed by atoms with E-state index in [1.54, 1.807) is 12.3 Å². The molecule has 1 saturated carbocycles. The van der Waals surface area contributed by atoms with E-state index in [0.717, 1.165) is 36.0 Å². The molecule has 0 radical (unpaired) electrons. The molecule has 0 bridgehead atoms. The summed E-state index contributed by atoms with van der Waals surface area (Å²) in [4.78, 5) is 23.0. The molecule has 25 heavy (non-hydrogen) atoms. The molecule has 0 spiro atoms. The lowest BCUT2D eigenvalue weighted by molar-refractivity contribution is -0.117. The number of nitrogens with two attached hydrogens (primary N) is 1. The number of rotatable bonds is 4. The van der Waals surface area contributed by atoms with Crippen molar-refractivity contribution in [1.29, 1.82) is 0 Å². The number of amides is 1. The van der Waals surface area contributed by atoms with Gasteiger partial charge in [0.1, 0.15) is 23.6 Å². The van der Waals surface area contributed by atoms with E-state index in [0.29, 0.717) is 24.1 Å². The zero-order valence-corrected chi connectivity index (χ0v) is 14.2. The number of hydrogen-bond acceptors (Lipinski definition) is 5. The molecule has 2 aliphatic rings. The molecule has 7 heteroatoms. The first-order valence-corrected chi connectivity index (χ1v) is 8.84. The molecule has 3 N–H and O–H groups in total. The Morgan fingerprint density at radius 3 is 3.00 bits per heavy atom. The smallest absolute Gasteiger partial charge is 0.231 e. The van der Waals surface area contributed by atoms with Gasteiger partial charge < -0.3 is 16.0 Å². The number of anilines is 3. The Balaban J connectivity index is 1.65. The lowest BCUT2D eigenvalue weighted by atomic mass is 10.1. The molecule has 1 aliphatic heterocycles. The fourth-order valence-electron chi connectivity index (χ4n) is 3.59. The van der Waals surface area contributed by atoms with Crippen LogP contribution < -0.4 is 16.0 Å². The molecule has 2 aromatic heterocycles. The van der Waals surface area contributed by atoms with Crippen molar-refractivity contribution in [3.05, 3.63) is 18.3 Å². The first kappa shape index (κ1) is 16.1. The van der Waals surface area contributed by atoms with Gasteiger partial charge in [-0.05, 0) is 43.2 Å². The summed E-state index contributed by atoms with van der Waals surface area (Å²) < 4.78 is 13.0. The van der Waals surface area contributed by atoms with Gasteiger partial charge in [0.2, 0.25) is 5.91 Å². The van der Waals surface area contributed by atoms with Crippen LogP contribution in [-0.2, 0) is 4.79 Å². The topological polar surface area (TPSA) is 84.1 Å². The first-order valence-electron chi connectivity index (χ1n) is 8.84. The molecular formula is C18H22FN5O. The molecule has 3 atom stereocenters. The van der Waals surface area contributed by atoms with Crippen LogP contribution in [-0.4, -0.2) is 34.6 Å². The summed E-state index contributed by atoms with van der Waals surface area (Å²) in [5.41, 5.74) is 6.12. The second kappa shape index (κ2) is 6.13. The number of alkyl halides is 1. The van der Waals surface area contributed by atoms with Crippen molar-refractivity contribution < 1.29 is 9.18 Å². The molecule has 2 fully saturated rings. The van der Waals surface area contributed by atoms with Crippen molar-refractivity contribution in [1.82, 2.24) is 9.97 Å². The third-order valence-corrected chi connectivity index (χ3v) is 5.17. The quantitative estimate of drug-likeness (QED) is 0.892. The molecule has 0 aromatic carbocycles. The van der Waals surface area contributed by atoms with Crippen LogP contribution in [0.4, 0.5) is 21.8 Å². The van der Waals surface area contributed by atoms with E-state index < -0.39 is 12.1 Å². The number of fused-ring (bicyclic) bond motifs is 1. The van der Waals surface area contributed by atoms with Crippen LogP contribution in [0.15, 0.2) is 18.3 Å². The van der Waals surface area contributed by atoms with E-state index >= 15 is 0 Å². The summed E-state index contributed by atoms with van der Waals surface area (Å²) in [6, 6.07) is 4.26. The molecule has 1 unspecified atom stereocenters. The Bertz CT molecular complexity index is 826. The van der Waals surface area contributed by atoms with E-state index in [1.807, 2.05) is 6.07 Å². The molecular weight excluding hydrogens is 321 g/mol. The van der Waals surface area contributed by atoms with Gasteiger partial charge in [-0.15, -0.1) is 0 Å². The molecule has 3 heterocycles. The minimum absolute atomic E-state index is 0.299. The Morgan fingerprint density at radius 2 is 2.28 bits per heavy atom. The van der Waals surface area contributed by atoms with Crippen LogP contribution in [0.2, 0.25) is 0 Å². The van der Waals surface area contributed by atoms with Crippen molar-refractivity contribution >= 4 is 34.1 Å². The van der Waals surface area contributed by atoms with Crippen LogP contribution >= 0.6 is 0 Å². The Kier molecular flexibility index (Phi) is 3.94. The van der Waals surface area contributed by atoms with Gasteiger partial charge in [-0.1, -0.05) is 6.92 Å². The molecule has 132 valence electrons. The summed E-state index contributed by atoms with van der Waals surface area (Å²) in [5.74, 6) is 0.869. The minimum Gasteiger partial charge on any atom is -0.383 e. The zero-order chi connectivity index (χ0) is 17.6. The maximum Gasteiger partial charge on any atom is 0.231 e. The number of nitrogens with zero attached hydrogens (tertiary/aromatic N) is 3. The summed E-state index contributed by atoms with van der Waals surface area (Å²) in [6.45, 7) is 3.16. The maximum absolute atomic E-state index is 13.0. The van der Waals surface area contributed by atoms with Crippen LogP contribution in [0.25, 0.3) is 10.8 Å². The molecule has 1 amide bonds. The van der Waals surface area contributed by atoms with Crippen molar-refractivity contribution in [3.63, 3.8) is 0 Å². The fourth-order valence-corrected chi connectivity index (χ4v) is 3.59. The number of carbonyl (C=O) groups excluding carboxylic acids is 1. The second-order valence-corrected chi connectivity index (χ2v) is 6.90. The number of pyridine rings is 2. The van der Waals surface area contributed by atoms with Gasteiger partial charge in [0.25, 0.3) is 0 Å². The maximum atomic E-state index is 13.0. The van der Waals surface area contributed by atoms with Gasteiger partial charge >= 0.3 is 0 Å². The SMILES string of the molecule is CCC1CCCN1c1cc2cc(NC(=O)[C@@H]3C[C@@H]3F)ncc2c(N)n1. The summed E-state index contributed by atoms with van der Waals surface area (Å²) in [5, 5.41) is 4.32. The van der Waals surface area contributed by atoms with Crippen molar-refractivity contribution in [3.8, 4) is 0 Å². The molecule has 4 rings (SSSR count). The average molecular weight is 343 g/mol. The largest absolute Gasteiger partial charge is 0.383 e. The highest BCUT2D eigenvalue weighted by molar-refractivity contribution is 5.98. The van der Waals surface area contributed by atoms with Crippen LogP contribution in [0.3, 0.4) is 0 Å². The number of carbonyl (C=O) groups is 1. The van der Waals surface area contributed by atoms with Gasteiger partial charge in [-0.3, -0.25) is 4.79 Å². The number of aromatic nitrogens is 2. The normalized spacial score (nSPS) is 25.4. The Hall–Kier alpha value is -2.44.